The number of aromatic nitrogens is 2. The molecule has 1 atom stereocenters. The van der Waals surface area contributed by atoms with Crippen LogP contribution in [0.25, 0.3) is 11.3 Å². The molecule has 2 amide bonds. The fraction of sp³-hybridized carbons (Fsp3) is 0.294. The van der Waals surface area contributed by atoms with Gasteiger partial charge in [0.1, 0.15) is 18.0 Å². The highest BCUT2D eigenvalue weighted by Gasteiger charge is 2.29. The third kappa shape index (κ3) is 6.61. The van der Waals surface area contributed by atoms with E-state index in [4.69, 9.17) is 9.47 Å². The number of hydrogen-bond acceptors (Lipinski definition) is 7. The average Bonchev–Trinajstić information content (AvgIpc) is 3.07. The van der Waals surface area contributed by atoms with Gasteiger partial charge in [-0.3, -0.25) is 9.59 Å². The maximum Gasteiger partial charge on any atom is 0.255 e. The minimum absolute atomic E-state index is 0.00141. The van der Waals surface area contributed by atoms with E-state index >= 15 is 0 Å². The van der Waals surface area contributed by atoms with Gasteiger partial charge in [0.25, 0.3) is 5.91 Å². The smallest absolute Gasteiger partial charge is 0.255 e. The van der Waals surface area contributed by atoms with Crippen molar-refractivity contribution in [3.8, 4) is 22.8 Å². The molecule has 9 nitrogen and oxygen atoms in total. The van der Waals surface area contributed by atoms with Gasteiger partial charge in [0, 0.05) is 43.4 Å². The first kappa shape index (κ1) is 29.6. The number of carbonyl (C=O) groups is 2. The average molecular weight is 580 g/mol. The van der Waals surface area contributed by atoms with Gasteiger partial charge in [-0.25, -0.2) is 0 Å². The molecule has 0 aliphatic carbocycles. The molecule has 1 fully saturated rings. The fourth-order valence-corrected chi connectivity index (χ4v) is 5.34. The van der Waals surface area contributed by atoms with Crippen LogP contribution in [0.4, 0.5) is 5.82 Å². The van der Waals surface area contributed by atoms with Crippen molar-refractivity contribution in [2.24, 2.45) is 0 Å². The van der Waals surface area contributed by atoms with Gasteiger partial charge in [0.15, 0.2) is 5.82 Å². The highest BCUT2D eigenvalue weighted by molar-refractivity contribution is 5.98. The van der Waals surface area contributed by atoms with Gasteiger partial charge >= 0.3 is 0 Å². The lowest BCUT2D eigenvalue weighted by atomic mass is 10.0. The molecule has 2 heterocycles. The van der Waals surface area contributed by atoms with Crippen molar-refractivity contribution in [1.82, 2.24) is 20.0 Å². The van der Waals surface area contributed by atoms with E-state index in [0.29, 0.717) is 48.9 Å². The summed E-state index contributed by atoms with van der Waals surface area (Å²) in [5.41, 5.74) is 4.00. The van der Waals surface area contributed by atoms with Gasteiger partial charge in [-0.2, -0.15) is 0 Å². The molecule has 1 aromatic heterocycles. The second kappa shape index (κ2) is 13.4. The van der Waals surface area contributed by atoms with Crippen LogP contribution in [0.3, 0.4) is 0 Å². The molecule has 0 saturated carbocycles. The Kier molecular flexibility index (Phi) is 9.20. The van der Waals surface area contributed by atoms with Gasteiger partial charge in [-0.05, 0) is 55.3 Å². The summed E-state index contributed by atoms with van der Waals surface area (Å²) >= 11 is 0. The number of anilines is 1. The van der Waals surface area contributed by atoms with Gasteiger partial charge in [0.05, 0.1) is 26.0 Å². The molecule has 43 heavy (non-hydrogen) atoms. The summed E-state index contributed by atoms with van der Waals surface area (Å²) in [5.74, 6) is 1.89. The van der Waals surface area contributed by atoms with Gasteiger partial charge in [0.2, 0.25) is 5.91 Å². The van der Waals surface area contributed by atoms with Crippen molar-refractivity contribution in [3.05, 3.63) is 102 Å². The maximum atomic E-state index is 13.8. The minimum atomic E-state index is -0.267. The van der Waals surface area contributed by atoms with Crippen LogP contribution in [-0.2, 0) is 4.79 Å². The Morgan fingerprint density at radius 2 is 1.58 bits per heavy atom. The van der Waals surface area contributed by atoms with Crippen molar-refractivity contribution in [2.75, 3.05) is 51.8 Å². The summed E-state index contributed by atoms with van der Waals surface area (Å²) < 4.78 is 10.8. The number of piperazine rings is 1. The van der Waals surface area contributed by atoms with E-state index in [-0.39, 0.29) is 24.4 Å². The van der Waals surface area contributed by atoms with Crippen molar-refractivity contribution in [1.29, 1.82) is 0 Å². The predicted octanol–water partition coefficient (Wildman–Crippen LogP) is 5.02. The molecule has 9 heteroatoms. The van der Waals surface area contributed by atoms with Crippen LogP contribution >= 0.6 is 0 Å². The van der Waals surface area contributed by atoms with Crippen LogP contribution in [0.1, 0.15) is 34.5 Å². The molecule has 0 bridgehead atoms. The third-order valence-electron chi connectivity index (χ3n) is 7.98. The van der Waals surface area contributed by atoms with Crippen molar-refractivity contribution >= 4 is 17.6 Å². The van der Waals surface area contributed by atoms with E-state index in [1.165, 1.54) is 0 Å². The number of hydrogen-bond donors (Lipinski definition) is 0. The quantitative estimate of drug-likeness (QED) is 0.275. The third-order valence-corrected chi connectivity index (χ3v) is 7.98. The molecule has 0 N–H and O–H groups in total. The summed E-state index contributed by atoms with van der Waals surface area (Å²) in [5, 5.41) is 8.92. The number of methoxy groups -OCH3 is 2. The second-order valence-electron chi connectivity index (χ2n) is 10.5. The Bertz CT molecular complexity index is 1550. The number of nitrogens with zero attached hydrogens (tertiary/aromatic N) is 5. The Morgan fingerprint density at radius 3 is 2.23 bits per heavy atom. The van der Waals surface area contributed by atoms with Crippen LogP contribution in [0, 0.1) is 6.92 Å². The first-order valence-corrected chi connectivity index (χ1v) is 14.4. The molecule has 3 aromatic carbocycles. The van der Waals surface area contributed by atoms with Crippen molar-refractivity contribution < 1.29 is 19.1 Å². The summed E-state index contributed by atoms with van der Waals surface area (Å²) in [4.78, 5) is 33.0. The number of aryl methyl sites for hydroxylation is 1. The minimum Gasteiger partial charge on any atom is -0.497 e. The largest absolute Gasteiger partial charge is 0.497 e. The lowest BCUT2D eigenvalue weighted by molar-refractivity contribution is -0.132. The SMILES string of the molecule is COc1ccc(-c2ccc(N3CCN(C(=O)CN(C(=O)c4ccccc4C)[C@@H](C)c4ccccc4)CC3)nn2)c(OC)c1. The summed E-state index contributed by atoms with van der Waals surface area (Å²) in [6.07, 6.45) is 0. The number of benzene rings is 3. The monoisotopic (exact) mass is 579 g/mol. The molecular formula is C34H37N5O4. The summed E-state index contributed by atoms with van der Waals surface area (Å²) in [7, 11) is 3.23. The van der Waals surface area contributed by atoms with E-state index in [1.54, 1.807) is 19.1 Å². The molecule has 0 spiro atoms. The lowest BCUT2D eigenvalue weighted by Gasteiger charge is -2.37. The topological polar surface area (TPSA) is 88.1 Å². The zero-order valence-electron chi connectivity index (χ0n) is 25.1. The van der Waals surface area contributed by atoms with Crippen molar-refractivity contribution in [2.45, 2.75) is 19.9 Å². The molecular weight excluding hydrogens is 542 g/mol. The fourth-order valence-electron chi connectivity index (χ4n) is 5.34. The summed E-state index contributed by atoms with van der Waals surface area (Å²) in [6.45, 7) is 6.18. The van der Waals surface area contributed by atoms with Crippen LogP contribution in [0.2, 0.25) is 0 Å². The standard InChI is InChI=1S/C34H37N5O4/c1-24-10-8-9-13-28(24)34(41)39(25(2)26-11-6-5-7-12-26)23-33(40)38-20-18-37(19-21-38)32-17-16-30(35-36-32)29-15-14-27(42-3)22-31(29)43-4/h5-17,22,25H,18-21,23H2,1-4H3/t25-/m0/s1. The van der Waals surface area contributed by atoms with Crippen LogP contribution in [-0.4, -0.2) is 78.8 Å². The molecule has 0 unspecified atom stereocenters. The highest BCUT2D eigenvalue weighted by atomic mass is 16.5. The van der Waals surface area contributed by atoms with E-state index in [9.17, 15) is 9.59 Å². The molecule has 1 saturated heterocycles. The maximum absolute atomic E-state index is 13.8. The zero-order chi connectivity index (χ0) is 30.3. The van der Waals surface area contributed by atoms with Gasteiger partial charge < -0.3 is 24.2 Å². The second-order valence-corrected chi connectivity index (χ2v) is 10.5. The predicted molar refractivity (Wildman–Crippen MR) is 166 cm³/mol. The first-order chi connectivity index (χ1) is 20.9. The molecule has 1 aliphatic heterocycles. The normalized spacial score (nSPS) is 13.8. The Balaban J connectivity index is 1.25. The number of carbonyl (C=O) groups excluding carboxylic acids is 2. The Labute approximate surface area is 252 Å². The lowest BCUT2D eigenvalue weighted by Crippen LogP contribution is -2.52. The Hall–Kier alpha value is -4.92. The molecule has 4 aromatic rings. The summed E-state index contributed by atoms with van der Waals surface area (Å²) in [6, 6.07) is 26.5. The van der Waals surface area contributed by atoms with Crippen LogP contribution in [0.15, 0.2) is 84.9 Å². The van der Waals surface area contributed by atoms with Crippen molar-refractivity contribution in [3.63, 3.8) is 0 Å². The van der Waals surface area contributed by atoms with E-state index < -0.39 is 0 Å². The van der Waals surface area contributed by atoms with E-state index in [0.717, 1.165) is 22.5 Å². The highest BCUT2D eigenvalue weighted by Crippen LogP contribution is 2.32. The van der Waals surface area contributed by atoms with Gasteiger partial charge in [-0.1, -0.05) is 48.5 Å². The molecule has 222 valence electrons. The van der Waals surface area contributed by atoms with E-state index in [1.807, 2.05) is 104 Å². The number of ether oxygens (including phenoxy) is 2. The number of amides is 2. The first-order valence-electron chi connectivity index (χ1n) is 14.4. The molecule has 0 radical (unpaired) electrons. The molecule has 5 rings (SSSR count). The number of rotatable bonds is 9. The van der Waals surface area contributed by atoms with E-state index in [2.05, 4.69) is 15.1 Å². The van der Waals surface area contributed by atoms with Gasteiger partial charge in [-0.15, -0.1) is 10.2 Å². The Morgan fingerprint density at radius 1 is 0.860 bits per heavy atom. The van der Waals surface area contributed by atoms with Crippen LogP contribution in [0.5, 0.6) is 11.5 Å². The zero-order valence-corrected chi connectivity index (χ0v) is 25.1. The molecule has 1 aliphatic rings. The van der Waals surface area contributed by atoms with Crippen LogP contribution < -0.4 is 14.4 Å².